The molecule has 0 saturated carbocycles. The van der Waals surface area contributed by atoms with Crippen LogP contribution in [0, 0.1) is 0 Å². The van der Waals surface area contributed by atoms with E-state index in [1.807, 2.05) is 0 Å². The number of hydrogen-bond acceptors (Lipinski definition) is 2. The Morgan fingerprint density at radius 1 is 1.00 bits per heavy atom. The van der Waals surface area contributed by atoms with Gasteiger partial charge in [-0.1, -0.05) is 67.0 Å². The van der Waals surface area contributed by atoms with Crippen LogP contribution in [0.1, 0.15) is 51.9 Å². The average molecular weight is 264 g/mol. The number of rotatable bonds is 12. The van der Waals surface area contributed by atoms with E-state index in [9.17, 15) is 10.2 Å². The van der Waals surface area contributed by atoms with Crippen LogP contribution in [-0.4, -0.2) is 24.2 Å². The van der Waals surface area contributed by atoms with Crippen molar-refractivity contribution < 1.29 is 10.2 Å². The summed E-state index contributed by atoms with van der Waals surface area (Å²) in [6, 6.07) is 0. The summed E-state index contributed by atoms with van der Waals surface area (Å²) in [7, 11) is 3.10. The molecule has 0 aliphatic carbocycles. The van der Waals surface area contributed by atoms with Crippen LogP contribution in [0.25, 0.3) is 0 Å². The van der Waals surface area contributed by atoms with E-state index in [2.05, 4.69) is 6.92 Å². The van der Waals surface area contributed by atoms with Crippen LogP contribution in [0.3, 0.4) is 0 Å². The van der Waals surface area contributed by atoms with Crippen LogP contribution < -0.4 is 0 Å². The molecule has 0 amide bonds. The smallest absolute Gasteiger partial charge is 0.103 e. The van der Waals surface area contributed by atoms with Crippen molar-refractivity contribution in [2.45, 2.75) is 58.0 Å². The van der Waals surface area contributed by atoms with Crippen molar-refractivity contribution in [2.24, 2.45) is 0 Å². The van der Waals surface area contributed by atoms with Crippen molar-refractivity contribution in [3.05, 3.63) is 0 Å². The SMILES string of the molecule is CCCCCCCCC([O])CSSCC[O]. The Labute approximate surface area is 108 Å². The number of unbranched alkanes of at least 4 members (excludes halogenated alkanes) is 5. The number of hydrogen-bond donors (Lipinski definition) is 0. The summed E-state index contributed by atoms with van der Waals surface area (Å²) in [5.41, 5.74) is 0. The minimum absolute atomic E-state index is 0.0430. The van der Waals surface area contributed by atoms with Crippen LogP contribution in [0.4, 0.5) is 0 Å². The molecule has 0 spiro atoms. The van der Waals surface area contributed by atoms with E-state index in [4.69, 9.17) is 0 Å². The van der Waals surface area contributed by atoms with Crippen molar-refractivity contribution in [1.29, 1.82) is 0 Å². The molecule has 2 nitrogen and oxygen atoms in total. The largest absolute Gasteiger partial charge is 0.236 e. The molecule has 2 radical (unpaired) electrons. The maximum absolute atomic E-state index is 11.5. The molecule has 96 valence electrons. The minimum Gasteiger partial charge on any atom is -0.236 e. The zero-order valence-electron chi connectivity index (χ0n) is 10.3. The highest BCUT2D eigenvalue weighted by Gasteiger charge is 2.06. The third-order valence-corrected chi connectivity index (χ3v) is 4.80. The third kappa shape index (κ3) is 12.7. The Hall–Kier alpha value is 0.620. The van der Waals surface area contributed by atoms with Gasteiger partial charge < -0.3 is 0 Å². The van der Waals surface area contributed by atoms with Crippen molar-refractivity contribution in [1.82, 2.24) is 0 Å². The van der Waals surface area contributed by atoms with Gasteiger partial charge in [-0.25, -0.2) is 10.2 Å². The van der Waals surface area contributed by atoms with Gasteiger partial charge in [0.1, 0.15) is 6.10 Å². The molecule has 0 aromatic rings. The van der Waals surface area contributed by atoms with Crippen molar-refractivity contribution in [3.8, 4) is 0 Å². The fourth-order valence-electron chi connectivity index (χ4n) is 1.45. The first kappa shape index (κ1) is 16.6. The normalized spacial score (nSPS) is 12.9. The standard InChI is InChI=1S/C12H24O2S2/c1-2-3-4-5-6-7-8-12(14)11-16-15-10-9-13/h12H,2-11H2,1H3. The van der Waals surface area contributed by atoms with E-state index in [0.717, 1.165) is 12.8 Å². The molecule has 0 aromatic heterocycles. The van der Waals surface area contributed by atoms with Gasteiger partial charge in [-0.2, -0.15) is 0 Å². The van der Waals surface area contributed by atoms with Gasteiger partial charge in [0, 0.05) is 11.5 Å². The molecule has 0 fully saturated rings. The predicted octanol–water partition coefficient (Wildman–Crippen LogP) is 4.35. The molecule has 4 heteroatoms. The lowest BCUT2D eigenvalue weighted by atomic mass is 10.1. The predicted molar refractivity (Wildman–Crippen MR) is 72.9 cm³/mol. The summed E-state index contributed by atoms with van der Waals surface area (Å²) >= 11 is 0. The summed E-state index contributed by atoms with van der Waals surface area (Å²) in [6.45, 7) is 2.17. The maximum atomic E-state index is 11.5. The van der Waals surface area contributed by atoms with Crippen molar-refractivity contribution in [2.75, 3.05) is 18.1 Å². The van der Waals surface area contributed by atoms with Crippen molar-refractivity contribution >= 4 is 21.6 Å². The quantitative estimate of drug-likeness (QED) is 0.388. The topological polar surface area (TPSA) is 39.8 Å². The molecule has 0 aliphatic heterocycles. The lowest BCUT2D eigenvalue weighted by molar-refractivity contribution is 0.0992. The maximum Gasteiger partial charge on any atom is 0.103 e. The zero-order chi connectivity index (χ0) is 12.1. The van der Waals surface area contributed by atoms with Crippen LogP contribution in [-0.2, 0) is 10.2 Å². The molecule has 16 heavy (non-hydrogen) atoms. The second kappa shape index (κ2) is 13.7. The lowest BCUT2D eigenvalue weighted by Crippen LogP contribution is -2.07. The van der Waals surface area contributed by atoms with E-state index in [1.54, 1.807) is 10.8 Å². The van der Waals surface area contributed by atoms with Crippen LogP contribution in [0.2, 0.25) is 0 Å². The highest BCUT2D eigenvalue weighted by atomic mass is 33.1. The highest BCUT2D eigenvalue weighted by Crippen LogP contribution is 2.23. The molecular weight excluding hydrogens is 240 g/mol. The first-order chi connectivity index (χ1) is 7.81. The second-order valence-electron chi connectivity index (χ2n) is 3.99. The van der Waals surface area contributed by atoms with Crippen molar-refractivity contribution in [3.63, 3.8) is 0 Å². The van der Waals surface area contributed by atoms with E-state index in [1.165, 1.54) is 42.9 Å². The van der Waals surface area contributed by atoms with Crippen LogP contribution >= 0.6 is 21.6 Å². The van der Waals surface area contributed by atoms with Gasteiger partial charge in [0.15, 0.2) is 0 Å². The minimum atomic E-state index is -0.435. The van der Waals surface area contributed by atoms with E-state index < -0.39 is 6.10 Å². The van der Waals surface area contributed by atoms with Gasteiger partial charge in [0.25, 0.3) is 0 Å². The molecule has 0 aliphatic rings. The van der Waals surface area contributed by atoms with Gasteiger partial charge in [-0.15, -0.1) is 0 Å². The Morgan fingerprint density at radius 2 is 1.69 bits per heavy atom. The molecule has 1 unspecified atom stereocenters. The Morgan fingerprint density at radius 3 is 2.38 bits per heavy atom. The molecule has 0 bridgehead atoms. The second-order valence-corrected chi connectivity index (χ2v) is 6.62. The molecule has 0 saturated heterocycles. The van der Waals surface area contributed by atoms with Gasteiger partial charge in [0.2, 0.25) is 0 Å². The summed E-state index contributed by atoms with van der Waals surface area (Å²) < 4.78 is 0. The van der Waals surface area contributed by atoms with Gasteiger partial charge in [-0.05, 0) is 6.42 Å². The Bertz CT molecular complexity index is 134. The molecule has 0 aromatic carbocycles. The van der Waals surface area contributed by atoms with Gasteiger partial charge in [-0.3, -0.25) is 0 Å². The van der Waals surface area contributed by atoms with Gasteiger partial charge in [0.05, 0.1) is 6.61 Å². The monoisotopic (exact) mass is 264 g/mol. The zero-order valence-corrected chi connectivity index (χ0v) is 11.9. The molecule has 0 N–H and O–H groups in total. The summed E-state index contributed by atoms with van der Waals surface area (Å²) in [6.07, 6.45) is 7.83. The van der Waals surface area contributed by atoms with E-state index in [0.29, 0.717) is 11.5 Å². The summed E-state index contributed by atoms with van der Waals surface area (Å²) in [5.74, 6) is 1.27. The van der Waals surface area contributed by atoms with Crippen LogP contribution in [0.5, 0.6) is 0 Å². The Balaban J connectivity index is 3.08. The van der Waals surface area contributed by atoms with Crippen LogP contribution in [0.15, 0.2) is 0 Å². The fraction of sp³-hybridized carbons (Fsp3) is 1.00. The van der Waals surface area contributed by atoms with Gasteiger partial charge >= 0.3 is 0 Å². The lowest BCUT2D eigenvalue weighted by Gasteiger charge is -2.07. The van der Waals surface area contributed by atoms with E-state index >= 15 is 0 Å². The summed E-state index contributed by atoms with van der Waals surface area (Å²) in [4.78, 5) is 0. The first-order valence-corrected chi connectivity index (χ1v) is 8.78. The first-order valence-electron chi connectivity index (χ1n) is 6.29. The highest BCUT2D eigenvalue weighted by molar-refractivity contribution is 8.76. The molecule has 0 rings (SSSR count). The average Bonchev–Trinajstić information content (AvgIpc) is 2.29. The van der Waals surface area contributed by atoms with E-state index in [-0.39, 0.29) is 6.61 Å². The molecule has 0 heterocycles. The third-order valence-electron chi connectivity index (χ3n) is 2.38. The molecule has 1 atom stereocenters. The molecular formula is C12H24O2S2. The fourth-order valence-corrected chi connectivity index (χ4v) is 3.35. The Kier molecular flexibility index (Phi) is 14.2. The summed E-state index contributed by atoms with van der Waals surface area (Å²) in [5, 5.41) is 21.6.